The Morgan fingerprint density at radius 3 is 2.82 bits per heavy atom. The predicted molar refractivity (Wildman–Crippen MR) is 79.2 cm³/mol. The highest BCUT2D eigenvalue weighted by atomic mass is 16.5. The van der Waals surface area contributed by atoms with Gasteiger partial charge >= 0.3 is 0 Å². The van der Waals surface area contributed by atoms with E-state index in [1.807, 2.05) is 30.3 Å². The van der Waals surface area contributed by atoms with Gasteiger partial charge in [0.1, 0.15) is 0 Å². The summed E-state index contributed by atoms with van der Waals surface area (Å²) >= 11 is 0. The number of hydrogen-bond donors (Lipinski definition) is 1. The molecule has 2 heterocycles. The van der Waals surface area contributed by atoms with Crippen molar-refractivity contribution >= 4 is 0 Å². The maximum absolute atomic E-state index is 10.2. The maximum Gasteiger partial charge on any atom is 0.229 e. The number of aromatic nitrogens is 3. The third-order valence-electron chi connectivity index (χ3n) is 3.22. The number of methoxy groups -OCH3 is 1. The highest BCUT2D eigenvalue weighted by Crippen LogP contribution is 2.21. The fourth-order valence-electron chi connectivity index (χ4n) is 2.07. The smallest absolute Gasteiger partial charge is 0.229 e. The number of benzene rings is 1. The van der Waals surface area contributed by atoms with Crippen LogP contribution in [0.25, 0.3) is 11.4 Å². The van der Waals surface area contributed by atoms with Crippen molar-refractivity contribution in [1.29, 1.82) is 0 Å². The lowest BCUT2D eigenvalue weighted by molar-refractivity contribution is 0.165. The van der Waals surface area contributed by atoms with Crippen molar-refractivity contribution in [3.8, 4) is 17.3 Å². The van der Waals surface area contributed by atoms with Crippen LogP contribution in [-0.4, -0.2) is 27.3 Å². The van der Waals surface area contributed by atoms with Gasteiger partial charge in [-0.25, -0.2) is 4.98 Å². The van der Waals surface area contributed by atoms with Gasteiger partial charge in [-0.1, -0.05) is 35.5 Å². The molecule has 6 nitrogen and oxygen atoms in total. The standard InChI is InChI=1S/C16H15N3O3/c1-21-14-9-12(7-8-17-14)16-18-15(22-19-16)10-13(20)11-5-3-2-4-6-11/h2-9,13,20H,10H2,1H3/t13-/m0/s1. The minimum atomic E-state index is -0.679. The van der Waals surface area contributed by atoms with Gasteiger partial charge in [0, 0.05) is 17.8 Å². The minimum Gasteiger partial charge on any atom is -0.481 e. The summed E-state index contributed by atoms with van der Waals surface area (Å²) in [5.74, 6) is 1.30. The Labute approximate surface area is 127 Å². The van der Waals surface area contributed by atoms with Crippen molar-refractivity contribution in [2.45, 2.75) is 12.5 Å². The van der Waals surface area contributed by atoms with E-state index >= 15 is 0 Å². The molecule has 0 saturated heterocycles. The summed E-state index contributed by atoms with van der Waals surface area (Å²) in [6.07, 6.45) is 1.20. The normalized spacial score (nSPS) is 12.1. The molecule has 0 radical (unpaired) electrons. The Hall–Kier alpha value is -2.73. The molecule has 1 aromatic carbocycles. The fraction of sp³-hybridized carbons (Fsp3) is 0.188. The van der Waals surface area contributed by atoms with Gasteiger partial charge in [0.2, 0.25) is 17.6 Å². The van der Waals surface area contributed by atoms with Crippen LogP contribution in [0.4, 0.5) is 0 Å². The Balaban J connectivity index is 1.76. The van der Waals surface area contributed by atoms with Crippen LogP contribution in [0.15, 0.2) is 53.2 Å². The summed E-state index contributed by atoms with van der Waals surface area (Å²) in [7, 11) is 1.55. The first kappa shape index (κ1) is 14.2. The maximum atomic E-state index is 10.2. The van der Waals surface area contributed by atoms with Crippen molar-refractivity contribution in [1.82, 2.24) is 15.1 Å². The van der Waals surface area contributed by atoms with Crippen molar-refractivity contribution in [2.75, 3.05) is 7.11 Å². The number of aliphatic hydroxyl groups is 1. The summed E-state index contributed by atoms with van der Waals surface area (Å²) in [5, 5.41) is 14.1. The van der Waals surface area contributed by atoms with Gasteiger partial charge in [0.25, 0.3) is 0 Å². The quantitative estimate of drug-likeness (QED) is 0.779. The summed E-state index contributed by atoms with van der Waals surface area (Å²) < 4.78 is 10.3. The highest BCUT2D eigenvalue weighted by molar-refractivity contribution is 5.55. The SMILES string of the molecule is COc1cc(-c2noc(C[C@H](O)c3ccccc3)n2)ccn1. The highest BCUT2D eigenvalue weighted by Gasteiger charge is 2.15. The molecule has 0 fully saturated rings. The third-order valence-corrected chi connectivity index (χ3v) is 3.22. The minimum absolute atomic E-state index is 0.263. The van der Waals surface area contributed by atoms with E-state index in [-0.39, 0.29) is 6.42 Å². The van der Waals surface area contributed by atoms with Crippen LogP contribution in [0.2, 0.25) is 0 Å². The molecule has 3 rings (SSSR count). The zero-order valence-corrected chi connectivity index (χ0v) is 12.0. The molecular formula is C16H15N3O3. The number of nitrogens with zero attached hydrogens (tertiary/aromatic N) is 3. The summed E-state index contributed by atoms with van der Waals surface area (Å²) in [6.45, 7) is 0. The van der Waals surface area contributed by atoms with Gasteiger partial charge in [-0.15, -0.1) is 0 Å². The average Bonchev–Trinajstić information content (AvgIpc) is 3.04. The van der Waals surface area contributed by atoms with Gasteiger partial charge in [-0.05, 0) is 11.6 Å². The summed E-state index contributed by atoms with van der Waals surface area (Å²) in [5.41, 5.74) is 1.56. The molecule has 0 aliphatic carbocycles. The van der Waals surface area contributed by atoms with Gasteiger partial charge in [-0.3, -0.25) is 0 Å². The predicted octanol–water partition coefficient (Wildman–Crippen LogP) is 2.42. The number of aliphatic hydroxyl groups excluding tert-OH is 1. The second kappa shape index (κ2) is 6.36. The molecule has 0 unspecified atom stereocenters. The van der Waals surface area contributed by atoms with Gasteiger partial charge in [0.05, 0.1) is 19.6 Å². The molecule has 112 valence electrons. The fourth-order valence-corrected chi connectivity index (χ4v) is 2.07. The van der Waals surface area contributed by atoms with Crippen molar-refractivity contribution < 1.29 is 14.4 Å². The Morgan fingerprint density at radius 2 is 2.05 bits per heavy atom. The molecule has 6 heteroatoms. The number of hydrogen-bond acceptors (Lipinski definition) is 6. The molecule has 2 aromatic heterocycles. The second-order valence-electron chi connectivity index (χ2n) is 4.73. The Morgan fingerprint density at radius 1 is 1.23 bits per heavy atom. The molecular weight excluding hydrogens is 282 g/mol. The van der Waals surface area contributed by atoms with Gasteiger partial charge in [0.15, 0.2) is 0 Å². The van der Waals surface area contributed by atoms with Crippen LogP contribution in [0.1, 0.15) is 17.6 Å². The molecule has 0 bridgehead atoms. The van der Waals surface area contributed by atoms with Crippen molar-refractivity contribution in [3.05, 3.63) is 60.1 Å². The summed E-state index contributed by atoms with van der Waals surface area (Å²) in [6, 6.07) is 12.9. The van der Waals surface area contributed by atoms with Crippen molar-refractivity contribution in [2.24, 2.45) is 0 Å². The second-order valence-corrected chi connectivity index (χ2v) is 4.73. The van der Waals surface area contributed by atoms with E-state index in [0.717, 1.165) is 11.1 Å². The van der Waals surface area contributed by atoms with E-state index in [1.54, 1.807) is 25.4 Å². The monoisotopic (exact) mass is 297 g/mol. The zero-order chi connectivity index (χ0) is 15.4. The van der Waals surface area contributed by atoms with E-state index in [1.165, 1.54) is 0 Å². The number of ether oxygens (including phenoxy) is 1. The molecule has 0 saturated carbocycles. The molecule has 1 N–H and O–H groups in total. The Kier molecular flexibility index (Phi) is 4.11. The molecule has 0 amide bonds. The van der Waals surface area contributed by atoms with Crippen LogP contribution >= 0.6 is 0 Å². The van der Waals surface area contributed by atoms with E-state index in [4.69, 9.17) is 9.26 Å². The number of pyridine rings is 1. The van der Waals surface area contributed by atoms with Gasteiger partial charge < -0.3 is 14.4 Å². The zero-order valence-electron chi connectivity index (χ0n) is 12.0. The molecule has 1 atom stereocenters. The van der Waals surface area contributed by atoms with Crippen LogP contribution in [0.3, 0.4) is 0 Å². The first-order valence-electron chi connectivity index (χ1n) is 6.82. The van der Waals surface area contributed by atoms with Crippen molar-refractivity contribution in [3.63, 3.8) is 0 Å². The van der Waals surface area contributed by atoms with E-state index < -0.39 is 6.10 Å². The molecule has 0 aliphatic heterocycles. The van der Waals surface area contributed by atoms with Crippen LogP contribution < -0.4 is 4.74 Å². The molecule has 3 aromatic rings. The summed E-state index contributed by atoms with van der Waals surface area (Å²) in [4.78, 5) is 8.33. The van der Waals surface area contributed by atoms with E-state index in [9.17, 15) is 5.11 Å². The lowest BCUT2D eigenvalue weighted by Gasteiger charge is -2.07. The molecule has 22 heavy (non-hydrogen) atoms. The lowest BCUT2D eigenvalue weighted by atomic mass is 10.1. The lowest BCUT2D eigenvalue weighted by Crippen LogP contribution is -2.01. The molecule has 0 spiro atoms. The van der Waals surface area contributed by atoms with Gasteiger partial charge in [-0.2, -0.15) is 4.98 Å². The number of rotatable bonds is 5. The topological polar surface area (TPSA) is 81.3 Å². The average molecular weight is 297 g/mol. The Bertz CT molecular complexity index is 743. The van der Waals surface area contributed by atoms with E-state index in [2.05, 4.69) is 15.1 Å². The first-order chi connectivity index (χ1) is 10.8. The van der Waals surface area contributed by atoms with Crippen LogP contribution in [0.5, 0.6) is 5.88 Å². The van der Waals surface area contributed by atoms with Crippen LogP contribution in [0, 0.1) is 0 Å². The third kappa shape index (κ3) is 3.12. The molecule has 0 aliphatic rings. The van der Waals surface area contributed by atoms with E-state index in [0.29, 0.717) is 17.6 Å². The van der Waals surface area contributed by atoms with Crippen LogP contribution in [-0.2, 0) is 6.42 Å². The largest absolute Gasteiger partial charge is 0.481 e. The first-order valence-corrected chi connectivity index (χ1v) is 6.82.